The summed E-state index contributed by atoms with van der Waals surface area (Å²) < 4.78 is 11.4. The van der Waals surface area contributed by atoms with E-state index in [0.29, 0.717) is 13.2 Å². The van der Waals surface area contributed by atoms with E-state index in [1.807, 2.05) is 24.3 Å². The fourth-order valence-electron chi connectivity index (χ4n) is 2.80. The average molecular weight is 292 g/mol. The molecular weight excluding hydrogens is 264 g/mol. The number of rotatable bonds is 6. The Morgan fingerprint density at radius 1 is 1.00 bits per heavy atom. The molecule has 1 N–H and O–H groups in total. The molecule has 0 radical (unpaired) electrons. The Morgan fingerprint density at radius 3 is 2.29 bits per heavy atom. The summed E-state index contributed by atoms with van der Waals surface area (Å²) in [5, 5.41) is 10.7. The Morgan fingerprint density at radius 2 is 1.62 bits per heavy atom. The summed E-state index contributed by atoms with van der Waals surface area (Å²) >= 11 is 0. The second-order valence-electron chi connectivity index (χ2n) is 6.10. The van der Waals surface area contributed by atoms with Gasteiger partial charge in [-0.05, 0) is 31.4 Å². The maximum atomic E-state index is 10.7. The van der Waals surface area contributed by atoms with Crippen LogP contribution >= 0.6 is 0 Å². The highest BCUT2D eigenvalue weighted by Crippen LogP contribution is 2.28. The number of benzene rings is 1. The van der Waals surface area contributed by atoms with Crippen LogP contribution < -0.4 is 9.47 Å². The number of hydrogen-bond acceptors (Lipinski definition) is 3. The van der Waals surface area contributed by atoms with Crippen LogP contribution in [0.1, 0.15) is 58.3 Å². The molecule has 0 heterocycles. The van der Waals surface area contributed by atoms with Gasteiger partial charge in [0.15, 0.2) is 0 Å². The van der Waals surface area contributed by atoms with Gasteiger partial charge in [-0.15, -0.1) is 0 Å². The average Bonchev–Trinajstić information content (AvgIpc) is 2.48. The first-order chi connectivity index (χ1) is 10.2. The minimum Gasteiger partial charge on any atom is -0.493 e. The lowest BCUT2D eigenvalue weighted by molar-refractivity contribution is -0.0257. The van der Waals surface area contributed by atoms with Gasteiger partial charge in [0.05, 0.1) is 12.2 Å². The van der Waals surface area contributed by atoms with E-state index >= 15 is 0 Å². The quantitative estimate of drug-likeness (QED) is 0.848. The molecule has 0 atom stereocenters. The second kappa shape index (κ2) is 8.28. The van der Waals surface area contributed by atoms with Crippen molar-refractivity contribution in [3.63, 3.8) is 0 Å². The molecule has 0 bridgehead atoms. The minimum atomic E-state index is -0.666. The van der Waals surface area contributed by atoms with Gasteiger partial charge in [-0.1, -0.05) is 45.1 Å². The van der Waals surface area contributed by atoms with Crippen molar-refractivity contribution < 1.29 is 14.6 Å². The molecule has 0 unspecified atom stereocenters. The van der Waals surface area contributed by atoms with Gasteiger partial charge in [-0.2, -0.15) is 0 Å². The van der Waals surface area contributed by atoms with Gasteiger partial charge in [-0.25, -0.2) is 0 Å². The molecule has 1 fully saturated rings. The maximum absolute atomic E-state index is 10.7. The minimum absolute atomic E-state index is 0.379. The second-order valence-corrected chi connectivity index (χ2v) is 6.10. The smallest absolute Gasteiger partial charge is 0.123 e. The molecule has 0 aliphatic heterocycles. The summed E-state index contributed by atoms with van der Waals surface area (Å²) in [6.45, 7) is 3.18. The van der Waals surface area contributed by atoms with Crippen molar-refractivity contribution in [3.8, 4) is 11.5 Å². The molecule has 3 heteroatoms. The molecule has 2 rings (SSSR count). The molecule has 0 spiro atoms. The topological polar surface area (TPSA) is 38.7 Å². The highest BCUT2D eigenvalue weighted by molar-refractivity contribution is 5.33. The molecule has 118 valence electrons. The molecule has 1 aliphatic carbocycles. The Bertz CT molecular complexity index is 409. The molecule has 1 aromatic rings. The first-order valence-corrected chi connectivity index (χ1v) is 8.30. The molecule has 0 aromatic heterocycles. The molecule has 21 heavy (non-hydrogen) atoms. The monoisotopic (exact) mass is 292 g/mol. The highest BCUT2D eigenvalue weighted by atomic mass is 16.5. The standard InChI is InChI=1S/C18H28O3/c1-2-13-20-16-9-8-10-17(14-16)21-15-18(19)11-6-4-3-5-7-12-18/h8-10,14,19H,2-7,11-13,15H2,1H3. The van der Waals surface area contributed by atoms with Crippen LogP contribution in [0.15, 0.2) is 24.3 Å². The zero-order chi connectivity index (χ0) is 15.0. The predicted octanol–water partition coefficient (Wildman–Crippen LogP) is 4.33. The first-order valence-electron chi connectivity index (χ1n) is 8.30. The summed E-state index contributed by atoms with van der Waals surface area (Å²) in [6, 6.07) is 7.70. The third kappa shape index (κ3) is 5.58. The summed E-state index contributed by atoms with van der Waals surface area (Å²) in [7, 11) is 0. The van der Waals surface area contributed by atoms with Gasteiger partial charge in [0.1, 0.15) is 18.1 Å². The summed E-state index contributed by atoms with van der Waals surface area (Å²) in [6.07, 6.45) is 8.63. The molecule has 1 aromatic carbocycles. The van der Waals surface area contributed by atoms with Gasteiger partial charge < -0.3 is 14.6 Å². The fourth-order valence-corrected chi connectivity index (χ4v) is 2.80. The third-order valence-corrected chi connectivity index (χ3v) is 4.07. The summed E-state index contributed by atoms with van der Waals surface area (Å²) in [5.41, 5.74) is -0.666. The van der Waals surface area contributed by atoms with Crippen molar-refractivity contribution in [1.29, 1.82) is 0 Å². The first kappa shape index (κ1) is 16.2. The normalized spacial score (nSPS) is 18.6. The van der Waals surface area contributed by atoms with E-state index in [1.54, 1.807) is 0 Å². The Kier molecular flexibility index (Phi) is 6.37. The summed E-state index contributed by atoms with van der Waals surface area (Å²) in [4.78, 5) is 0. The lowest BCUT2D eigenvalue weighted by atomic mass is 9.88. The van der Waals surface area contributed by atoms with Crippen molar-refractivity contribution in [2.75, 3.05) is 13.2 Å². The van der Waals surface area contributed by atoms with Crippen molar-refractivity contribution in [1.82, 2.24) is 0 Å². The Labute approximate surface area is 128 Å². The molecule has 1 aliphatic rings. The van der Waals surface area contributed by atoms with Gasteiger partial charge in [0.25, 0.3) is 0 Å². The zero-order valence-corrected chi connectivity index (χ0v) is 13.1. The van der Waals surface area contributed by atoms with Crippen molar-refractivity contribution in [2.45, 2.75) is 63.9 Å². The van der Waals surface area contributed by atoms with Crippen molar-refractivity contribution in [3.05, 3.63) is 24.3 Å². The van der Waals surface area contributed by atoms with Crippen molar-refractivity contribution in [2.24, 2.45) is 0 Å². The third-order valence-electron chi connectivity index (χ3n) is 4.07. The van der Waals surface area contributed by atoms with E-state index in [2.05, 4.69) is 6.92 Å². The Balaban J connectivity index is 1.88. The van der Waals surface area contributed by atoms with E-state index in [1.165, 1.54) is 19.3 Å². The van der Waals surface area contributed by atoms with E-state index in [4.69, 9.17) is 9.47 Å². The van der Waals surface area contributed by atoms with E-state index in [-0.39, 0.29) is 0 Å². The zero-order valence-electron chi connectivity index (χ0n) is 13.1. The van der Waals surface area contributed by atoms with Crippen molar-refractivity contribution >= 4 is 0 Å². The Hall–Kier alpha value is -1.22. The van der Waals surface area contributed by atoms with Crippen LogP contribution in [0, 0.1) is 0 Å². The largest absolute Gasteiger partial charge is 0.493 e. The van der Waals surface area contributed by atoms with Crippen LogP contribution in [-0.4, -0.2) is 23.9 Å². The molecule has 0 amide bonds. The lowest BCUT2D eigenvalue weighted by Gasteiger charge is -2.30. The number of aliphatic hydroxyl groups is 1. The van der Waals surface area contributed by atoms with E-state index in [0.717, 1.165) is 43.6 Å². The number of hydrogen-bond donors (Lipinski definition) is 1. The molecule has 3 nitrogen and oxygen atoms in total. The van der Waals surface area contributed by atoms with E-state index in [9.17, 15) is 5.11 Å². The van der Waals surface area contributed by atoms with Crippen LogP contribution in [0.3, 0.4) is 0 Å². The van der Waals surface area contributed by atoms with Crippen LogP contribution in [0.2, 0.25) is 0 Å². The molecular formula is C18H28O3. The van der Waals surface area contributed by atoms with Crippen LogP contribution in [0.25, 0.3) is 0 Å². The predicted molar refractivity (Wildman–Crippen MR) is 85.0 cm³/mol. The van der Waals surface area contributed by atoms with Gasteiger partial charge >= 0.3 is 0 Å². The lowest BCUT2D eigenvalue weighted by Crippen LogP contribution is -2.36. The van der Waals surface area contributed by atoms with Gasteiger partial charge in [0, 0.05) is 6.07 Å². The number of ether oxygens (including phenoxy) is 2. The van der Waals surface area contributed by atoms with Gasteiger partial charge in [0.2, 0.25) is 0 Å². The van der Waals surface area contributed by atoms with Crippen LogP contribution in [-0.2, 0) is 0 Å². The summed E-state index contributed by atoms with van der Waals surface area (Å²) in [5.74, 6) is 1.61. The maximum Gasteiger partial charge on any atom is 0.123 e. The highest BCUT2D eigenvalue weighted by Gasteiger charge is 2.28. The molecule has 1 saturated carbocycles. The fraction of sp³-hybridized carbons (Fsp3) is 0.667. The van der Waals surface area contributed by atoms with Crippen LogP contribution in [0.4, 0.5) is 0 Å². The van der Waals surface area contributed by atoms with Gasteiger partial charge in [-0.3, -0.25) is 0 Å². The SMILES string of the molecule is CCCOc1cccc(OCC2(O)CCCCCCC2)c1. The van der Waals surface area contributed by atoms with Crippen LogP contribution in [0.5, 0.6) is 11.5 Å². The van der Waals surface area contributed by atoms with E-state index < -0.39 is 5.60 Å². The molecule has 0 saturated heterocycles.